The highest BCUT2D eigenvalue weighted by atomic mass is 35.5. The fourth-order valence-electron chi connectivity index (χ4n) is 6.70. The summed E-state index contributed by atoms with van der Waals surface area (Å²) >= 11 is 5.98. The quantitative estimate of drug-likeness (QED) is 0.276. The van der Waals surface area contributed by atoms with Gasteiger partial charge in [0.2, 0.25) is 15.9 Å². The minimum absolute atomic E-state index is 0.152. The topological polar surface area (TPSA) is 87.7 Å². The summed E-state index contributed by atoms with van der Waals surface area (Å²) in [6, 6.07) is 15.9. The van der Waals surface area contributed by atoms with Gasteiger partial charge in [0.25, 0.3) is 5.92 Å². The van der Waals surface area contributed by atoms with E-state index in [2.05, 4.69) is 10.0 Å². The molecule has 3 aliphatic rings. The van der Waals surface area contributed by atoms with E-state index in [1.165, 1.54) is 72.7 Å². The molecule has 0 aromatic heterocycles. The van der Waals surface area contributed by atoms with Crippen LogP contribution < -0.4 is 14.8 Å². The Morgan fingerprint density at radius 2 is 1.49 bits per heavy atom. The van der Waals surface area contributed by atoms with Crippen molar-refractivity contribution in [2.75, 3.05) is 32.8 Å². The van der Waals surface area contributed by atoms with Gasteiger partial charge in [0, 0.05) is 36.8 Å². The van der Waals surface area contributed by atoms with E-state index in [0.717, 1.165) is 18.4 Å². The lowest BCUT2D eigenvalue weighted by Gasteiger charge is -2.31. The molecular weight excluding hydrogens is 620 g/mol. The Morgan fingerprint density at radius 3 is 2.09 bits per heavy atom. The van der Waals surface area contributed by atoms with Gasteiger partial charge in [-0.25, -0.2) is 8.42 Å². The number of nitrogens with zero attached hydrogens (tertiary/aromatic N) is 1. The third kappa shape index (κ3) is 7.19. The highest BCUT2D eigenvalue weighted by molar-refractivity contribution is 7.89. The number of carbonyl (C=O) groups excluding carboxylic acids is 1. The van der Waals surface area contributed by atoms with Crippen molar-refractivity contribution < 1.29 is 26.7 Å². The molecule has 2 N–H and O–H groups in total. The maximum Gasteiger partial charge on any atom is 0.298 e. The zero-order valence-corrected chi connectivity index (χ0v) is 26.5. The van der Waals surface area contributed by atoms with E-state index >= 15 is 8.78 Å². The number of hydrogen-bond acceptors (Lipinski definition) is 5. The monoisotopic (exact) mass is 657 g/mol. The van der Waals surface area contributed by atoms with Crippen LogP contribution in [-0.4, -0.2) is 58.1 Å². The smallest absolute Gasteiger partial charge is 0.298 e. The molecule has 2 saturated heterocycles. The van der Waals surface area contributed by atoms with Gasteiger partial charge in [-0.05, 0) is 78.1 Å². The predicted molar refractivity (Wildman–Crippen MR) is 170 cm³/mol. The maximum atomic E-state index is 16.4. The van der Waals surface area contributed by atoms with Crippen LogP contribution in [0.15, 0.2) is 77.7 Å². The van der Waals surface area contributed by atoms with Gasteiger partial charge >= 0.3 is 0 Å². The molecule has 2 aliphatic heterocycles. The minimum Gasteiger partial charge on any atom is -0.493 e. The van der Waals surface area contributed by atoms with Gasteiger partial charge in [-0.1, -0.05) is 67.3 Å². The molecular formula is C34H38ClF2N3O4S. The summed E-state index contributed by atoms with van der Waals surface area (Å²) in [6.45, 7) is 2.54. The number of nitrogens with one attached hydrogen (secondary N) is 2. The summed E-state index contributed by atoms with van der Waals surface area (Å²) in [6.07, 6.45) is 5.83. The molecule has 0 unspecified atom stereocenters. The molecule has 0 radical (unpaired) electrons. The third-order valence-corrected chi connectivity index (χ3v) is 11.1. The van der Waals surface area contributed by atoms with Gasteiger partial charge in [0.15, 0.2) is 6.04 Å². The van der Waals surface area contributed by atoms with Crippen molar-refractivity contribution in [3.63, 3.8) is 0 Å². The number of sulfonamides is 1. The standard InChI is InChI=1S/C34H38ClF2N3O4S/c35-29-12-8-25(9-13-29)24-6-10-28(11-7-24)34(36,37)32(33(41)40-20-26-18-38-19-27(26)21-40)39-45(42,43)31-16-14-30(15-17-31)44-22-23-4-2-1-3-5-23/h6-17,23,26-27,32,38-39H,1-5,18-22H2/t26-,27+,32-/m1/s1. The molecule has 3 aromatic rings. The fraction of sp³-hybridized carbons (Fsp3) is 0.441. The molecule has 6 rings (SSSR count). The molecule has 1 saturated carbocycles. The second-order valence-electron chi connectivity index (χ2n) is 12.5. The van der Waals surface area contributed by atoms with Crippen LogP contribution in [0.5, 0.6) is 5.75 Å². The number of benzene rings is 3. The first kappa shape index (κ1) is 31.9. The second kappa shape index (κ2) is 13.4. The fourth-order valence-corrected chi connectivity index (χ4v) is 8.01. The molecule has 45 heavy (non-hydrogen) atoms. The van der Waals surface area contributed by atoms with E-state index in [9.17, 15) is 13.2 Å². The van der Waals surface area contributed by atoms with Crippen LogP contribution in [0, 0.1) is 17.8 Å². The van der Waals surface area contributed by atoms with Gasteiger partial charge in [-0.2, -0.15) is 13.5 Å². The Labute approximate surface area is 268 Å². The van der Waals surface area contributed by atoms with E-state index in [1.54, 1.807) is 24.3 Å². The summed E-state index contributed by atoms with van der Waals surface area (Å²) in [5.41, 5.74) is 1.00. The lowest BCUT2D eigenvalue weighted by Crippen LogP contribution is -2.56. The van der Waals surface area contributed by atoms with Gasteiger partial charge in [0.1, 0.15) is 5.75 Å². The molecule has 240 valence electrons. The zero-order valence-electron chi connectivity index (χ0n) is 24.9. The maximum absolute atomic E-state index is 16.4. The van der Waals surface area contributed by atoms with Crippen molar-refractivity contribution >= 4 is 27.5 Å². The van der Waals surface area contributed by atoms with E-state index < -0.39 is 33.5 Å². The highest BCUT2D eigenvalue weighted by Gasteiger charge is 2.51. The van der Waals surface area contributed by atoms with Crippen molar-refractivity contribution in [3.8, 4) is 16.9 Å². The molecule has 3 fully saturated rings. The number of fused-ring (bicyclic) bond motifs is 1. The van der Waals surface area contributed by atoms with Crippen LogP contribution in [0.1, 0.15) is 37.7 Å². The lowest BCUT2D eigenvalue weighted by molar-refractivity contribution is -0.143. The van der Waals surface area contributed by atoms with Crippen molar-refractivity contribution in [3.05, 3.63) is 83.4 Å². The van der Waals surface area contributed by atoms with E-state index in [-0.39, 0.29) is 16.7 Å². The second-order valence-corrected chi connectivity index (χ2v) is 14.6. The Morgan fingerprint density at radius 1 is 0.911 bits per heavy atom. The van der Waals surface area contributed by atoms with Crippen LogP contribution in [-0.2, 0) is 20.7 Å². The van der Waals surface area contributed by atoms with Crippen molar-refractivity contribution in [2.45, 2.75) is 49.0 Å². The van der Waals surface area contributed by atoms with Crippen LogP contribution >= 0.6 is 11.6 Å². The first-order chi connectivity index (χ1) is 21.6. The Hall–Kier alpha value is -3.05. The molecule has 7 nitrogen and oxygen atoms in total. The Bertz CT molecular complexity index is 1570. The number of carbonyl (C=O) groups is 1. The number of rotatable bonds is 10. The number of likely N-dealkylation sites (tertiary alicyclic amines) is 1. The average molecular weight is 658 g/mol. The van der Waals surface area contributed by atoms with Crippen LogP contribution in [0.3, 0.4) is 0 Å². The van der Waals surface area contributed by atoms with E-state index in [0.29, 0.717) is 55.0 Å². The zero-order chi connectivity index (χ0) is 31.6. The summed E-state index contributed by atoms with van der Waals surface area (Å²) in [7, 11) is -4.51. The third-order valence-electron chi connectivity index (χ3n) is 9.38. The Balaban J connectivity index is 1.23. The average Bonchev–Trinajstić information content (AvgIpc) is 3.67. The lowest BCUT2D eigenvalue weighted by atomic mass is 9.90. The largest absolute Gasteiger partial charge is 0.493 e. The van der Waals surface area contributed by atoms with E-state index in [1.807, 2.05) is 0 Å². The van der Waals surface area contributed by atoms with E-state index in [4.69, 9.17) is 16.3 Å². The molecule has 2 heterocycles. The molecule has 1 aliphatic carbocycles. The molecule has 0 bridgehead atoms. The van der Waals surface area contributed by atoms with Gasteiger partial charge in [-0.15, -0.1) is 0 Å². The number of amides is 1. The molecule has 1 amide bonds. The number of ether oxygens (including phenoxy) is 1. The number of halogens is 3. The SMILES string of the molecule is O=C([C@@H](NS(=O)(=O)c1ccc(OCC2CCCCC2)cc1)C(F)(F)c1ccc(-c2ccc(Cl)cc2)cc1)N1C[C@H]2CNC[C@H]2C1. The summed E-state index contributed by atoms with van der Waals surface area (Å²) in [5.74, 6) is -3.50. The molecule has 3 atom stereocenters. The van der Waals surface area contributed by atoms with Gasteiger partial charge in [-0.3, -0.25) is 4.79 Å². The first-order valence-electron chi connectivity index (χ1n) is 15.6. The van der Waals surface area contributed by atoms with Crippen molar-refractivity contribution in [2.24, 2.45) is 17.8 Å². The van der Waals surface area contributed by atoms with Gasteiger partial charge < -0.3 is 15.0 Å². The molecule has 3 aromatic carbocycles. The summed E-state index contributed by atoms with van der Waals surface area (Å²) < 4.78 is 67.8. The van der Waals surface area contributed by atoms with Crippen LogP contribution in [0.4, 0.5) is 8.78 Å². The summed E-state index contributed by atoms with van der Waals surface area (Å²) in [5, 5.41) is 3.82. The first-order valence-corrected chi connectivity index (χ1v) is 17.5. The normalized spacial score (nSPS) is 21.4. The summed E-state index contributed by atoms with van der Waals surface area (Å²) in [4.78, 5) is 14.9. The van der Waals surface area contributed by atoms with Gasteiger partial charge in [0.05, 0.1) is 11.5 Å². The number of hydrogen-bond donors (Lipinski definition) is 2. The molecule has 11 heteroatoms. The predicted octanol–water partition coefficient (Wildman–Crippen LogP) is 6.08. The Kier molecular flexibility index (Phi) is 9.47. The molecule has 0 spiro atoms. The highest BCUT2D eigenvalue weighted by Crippen LogP contribution is 2.37. The van der Waals surface area contributed by atoms with Crippen molar-refractivity contribution in [1.29, 1.82) is 0 Å². The minimum atomic E-state index is -4.51. The van der Waals surface area contributed by atoms with Crippen LogP contribution in [0.25, 0.3) is 11.1 Å². The number of alkyl halides is 2. The van der Waals surface area contributed by atoms with Crippen molar-refractivity contribution in [1.82, 2.24) is 14.9 Å². The van der Waals surface area contributed by atoms with Crippen LogP contribution in [0.2, 0.25) is 5.02 Å².